The number of aromatic nitrogens is 1. The van der Waals surface area contributed by atoms with Crippen LogP contribution in [0.1, 0.15) is 47.1 Å². The SMILES string of the molecule is CCCc1nc(C)c(C(=O)OCCC(C)=C(F)F)s1. The normalized spacial score (nSPS) is 10.4. The lowest BCUT2D eigenvalue weighted by molar-refractivity contribution is 0.0512. The fraction of sp³-hybridized carbons (Fsp3) is 0.538. The van der Waals surface area contributed by atoms with Gasteiger partial charge in [0.1, 0.15) is 4.88 Å². The van der Waals surface area contributed by atoms with Crippen molar-refractivity contribution in [2.45, 2.75) is 40.0 Å². The van der Waals surface area contributed by atoms with Gasteiger partial charge < -0.3 is 4.74 Å². The summed E-state index contributed by atoms with van der Waals surface area (Å²) in [4.78, 5) is 16.5. The smallest absolute Gasteiger partial charge is 0.350 e. The second-order valence-electron chi connectivity index (χ2n) is 4.20. The first-order valence-corrected chi connectivity index (χ1v) is 6.91. The number of hydrogen-bond acceptors (Lipinski definition) is 4. The van der Waals surface area contributed by atoms with E-state index in [1.165, 1.54) is 18.3 Å². The molecule has 0 aromatic carbocycles. The minimum Gasteiger partial charge on any atom is -0.461 e. The Bertz CT molecular complexity index is 479. The Hall–Kier alpha value is -1.30. The molecule has 0 amide bonds. The van der Waals surface area contributed by atoms with Gasteiger partial charge in [-0.15, -0.1) is 11.3 Å². The van der Waals surface area contributed by atoms with Gasteiger partial charge in [0.25, 0.3) is 6.08 Å². The van der Waals surface area contributed by atoms with E-state index < -0.39 is 12.0 Å². The summed E-state index contributed by atoms with van der Waals surface area (Å²) in [5.41, 5.74) is 0.586. The van der Waals surface area contributed by atoms with Gasteiger partial charge in [0, 0.05) is 6.42 Å². The lowest BCUT2D eigenvalue weighted by atomic mass is 10.2. The fourth-order valence-electron chi connectivity index (χ4n) is 1.42. The molecule has 6 heteroatoms. The van der Waals surface area contributed by atoms with Crippen LogP contribution in [0.5, 0.6) is 0 Å². The maximum Gasteiger partial charge on any atom is 0.350 e. The highest BCUT2D eigenvalue weighted by Gasteiger charge is 2.16. The number of aryl methyl sites for hydroxylation is 2. The Kier molecular flexibility index (Phi) is 6.08. The molecule has 106 valence electrons. The molecule has 1 aromatic heterocycles. The van der Waals surface area contributed by atoms with Crippen molar-refractivity contribution in [3.63, 3.8) is 0 Å². The minimum absolute atomic E-state index is 0.0392. The summed E-state index contributed by atoms with van der Waals surface area (Å²) < 4.78 is 29.3. The molecule has 0 aliphatic carbocycles. The first-order valence-electron chi connectivity index (χ1n) is 6.09. The molecule has 1 aromatic rings. The lowest BCUT2D eigenvalue weighted by Crippen LogP contribution is -2.06. The maximum atomic E-state index is 12.2. The first-order chi connectivity index (χ1) is 8.95. The summed E-state index contributed by atoms with van der Waals surface area (Å²) in [5.74, 6) is -0.482. The lowest BCUT2D eigenvalue weighted by Gasteiger charge is -2.03. The van der Waals surface area contributed by atoms with E-state index in [1.807, 2.05) is 6.92 Å². The van der Waals surface area contributed by atoms with Gasteiger partial charge in [-0.2, -0.15) is 8.78 Å². The number of ether oxygens (including phenoxy) is 1. The Labute approximate surface area is 115 Å². The quantitative estimate of drug-likeness (QED) is 0.739. The molecule has 1 rings (SSSR count). The van der Waals surface area contributed by atoms with Crippen LogP contribution >= 0.6 is 11.3 Å². The third-order valence-corrected chi connectivity index (χ3v) is 3.72. The average Bonchev–Trinajstić information content (AvgIpc) is 2.70. The van der Waals surface area contributed by atoms with Crippen molar-refractivity contribution in [3.8, 4) is 0 Å². The van der Waals surface area contributed by atoms with Gasteiger partial charge in [-0.25, -0.2) is 9.78 Å². The van der Waals surface area contributed by atoms with Crippen molar-refractivity contribution in [2.75, 3.05) is 6.61 Å². The molecule has 0 saturated heterocycles. The van der Waals surface area contributed by atoms with E-state index in [9.17, 15) is 13.6 Å². The van der Waals surface area contributed by atoms with E-state index in [0.29, 0.717) is 10.6 Å². The van der Waals surface area contributed by atoms with Gasteiger partial charge >= 0.3 is 5.97 Å². The standard InChI is InChI=1S/C13H17F2NO2S/c1-4-5-10-16-9(3)11(19-10)13(17)18-7-6-8(2)12(14)15/h4-7H2,1-3H3. The predicted octanol–water partition coefficient (Wildman–Crippen LogP) is 4.12. The van der Waals surface area contributed by atoms with Crippen LogP contribution < -0.4 is 0 Å². The van der Waals surface area contributed by atoms with Crippen molar-refractivity contribution in [1.82, 2.24) is 4.98 Å². The minimum atomic E-state index is -1.71. The molecular formula is C13H17F2NO2S. The molecule has 0 saturated carbocycles. The van der Waals surface area contributed by atoms with E-state index in [4.69, 9.17) is 4.74 Å². The highest BCUT2D eigenvalue weighted by molar-refractivity contribution is 7.13. The van der Waals surface area contributed by atoms with Gasteiger partial charge in [-0.1, -0.05) is 6.92 Å². The largest absolute Gasteiger partial charge is 0.461 e. The van der Waals surface area contributed by atoms with Crippen molar-refractivity contribution < 1.29 is 18.3 Å². The number of carbonyl (C=O) groups is 1. The highest BCUT2D eigenvalue weighted by atomic mass is 32.1. The summed E-state index contributed by atoms with van der Waals surface area (Å²) in [6, 6.07) is 0. The van der Waals surface area contributed by atoms with Crippen molar-refractivity contribution in [1.29, 1.82) is 0 Å². The van der Waals surface area contributed by atoms with Gasteiger partial charge in [0.15, 0.2) is 0 Å². The van der Waals surface area contributed by atoms with Gasteiger partial charge in [-0.3, -0.25) is 0 Å². The van der Waals surface area contributed by atoms with Crippen LogP contribution in [0.4, 0.5) is 8.78 Å². The van der Waals surface area contributed by atoms with Crippen LogP contribution in [0, 0.1) is 6.92 Å². The zero-order chi connectivity index (χ0) is 14.4. The Morgan fingerprint density at radius 1 is 1.42 bits per heavy atom. The summed E-state index contributed by atoms with van der Waals surface area (Å²) >= 11 is 1.31. The number of halogens is 2. The topological polar surface area (TPSA) is 39.2 Å². The molecule has 0 fully saturated rings. The number of carbonyl (C=O) groups excluding carboxylic acids is 1. The summed E-state index contributed by atoms with van der Waals surface area (Å²) in [6.07, 6.45) is 0.123. The molecule has 0 unspecified atom stereocenters. The summed E-state index contributed by atoms with van der Waals surface area (Å²) in [6.45, 7) is 5.07. The number of esters is 1. The number of hydrogen-bond donors (Lipinski definition) is 0. The molecule has 3 nitrogen and oxygen atoms in total. The molecule has 0 aliphatic rings. The van der Waals surface area contributed by atoms with E-state index in [1.54, 1.807) is 6.92 Å². The number of thiazole rings is 1. The molecule has 0 bridgehead atoms. The van der Waals surface area contributed by atoms with Crippen LogP contribution in [0.3, 0.4) is 0 Å². The summed E-state index contributed by atoms with van der Waals surface area (Å²) in [7, 11) is 0. The zero-order valence-corrected chi connectivity index (χ0v) is 12.1. The first kappa shape index (κ1) is 15.8. The van der Waals surface area contributed by atoms with E-state index in [2.05, 4.69) is 4.98 Å². The third kappa shape index (κ3) is 4.70. The van der Waals surface area contributed by atoms with E-state index >= 15 is 0 Å². The number of nitrogens with zero attached hydrogens (tertiary/aromatic N) is 1. The van der Waals surface area contributed by atoms with Crippen LogP contribution in [0.2, 0.25) is 0 Å². The average molecular weight is 289 g/mol. The molecular weight excluding hydrogens is 272 g/mol. The fourth-order valence-corrected chi connectivity index (χ4v) is 2.48. The molecule has 0 radical (unpaired) electrons. The maximum absolute atomic E-state index is 12.2. The van der Waals surface area contributed by atoms with Crippen molar-refractivity contribution in [2.24, 2.45) is 0 Å². The Balaban J connectivity index is 2.56. The second kappa shape index (κ2) is 7.33. The molecule has 0 atom stereocenters. The van der Waals surface area contributed by atoms with Gasteiger partial charge in [0.05, 0.1) is 17.3 Å². The van der Waals surface area contributed by atoms with Gasteiger partial charge in [-0.05, 0) is 32.3 Å². The molecule has 0 spiro atoms. The van der Waals surface area contributed by atoms with E-state index in [0.717, 1.165) is 17.8 Å². The van der Waals surface area contributed by atoms with Crippen LogP contribution in [-0.4, -0.2) is 17.6 Å². The zero-order valence-electron chi connectivity index (χ0n) is 11.3. The summed E-state index contributed by atoms with van der Waals surface area (Å²) in [5, 5.41) is 0.901. The molecule has 1 heterocycles. The number of rotatable bonds is 6. The Morgan fingerprint density at radius 3 is 2.68 bits per heavy atom. The Morgan fingerprint density at radius 2 is 2.11 bits per heavy atom. The predicted molar refractivity (Wildman–Crippen MR) is 70.7 cm³/mol. The second-order valence-corrected chi connectivity index (χ2v) is 5.28. The van der Waals surface area contributed by atoms with Crippen molar-refractivity contribution >= 4 is 17.3 Å². The van der Waals surface area contributed by atoms with E-state index in [-0.39, 0.29) is 18.6 Å². The third-order valence-electron chi connectivity index (χ3n) is 2.52. The monoisotopic (exact) mass is 289 g/mol. The molecule has 0 aliphatic heterocycles. The van der Waals surface area contributed by atoms with Crippen LogP contribution in [0.15, 0.2) is 11.7 Å². The van der Waals surface area contributed by atoms with Crippen LogP contribution in [0.25, 0.3) is 0 Å². The molecule has 0 N–H and O–H groups in total. The van der Waals surface area contributed by atoms with Gasteiger partial charge in [0.2, 0.25) is 0 Å². The van der Waals surface area contributed by atoms with Crippen molar-refractivity contribution in [3.05, 3.63) is 27.2 Å². The van der Waals surface area contributed by atoms with Crippen LogP contribution in [-0.2, 0) is 11.2 Å². The molecule has 19 heavy (non-hydrogen) atoms. The highest BCUT2D eigenvalue weighted by Crippen LogP contribution is 2.20.